The Morgan fingerprint density at radius 2 is 1.14 bits per heavy atom. The van der Waals surface area contributed by atoms with Crippen molar-refractivity contribution in [2.75, 3.05) is 4.67 Å². The molecule has 37 heavy (non-hydrogen) atoms. The predicted octanol–water partition coefficient (Wildman–Crippen LogP) is 7.97. The Balaban J connectivity index is 1.82. The largest absolute Gasteiger partial charge is 0.289 e. The first-order chi connectivity index (χ1) is 18.1. The third-order valence-corrected chi connectivity index (χ3v) is 9.97. The number of para-hydroxylation sites is 1. The van der Waals surface area contributed by atoms with Gasteiger partial charge in [-0.2, -0.15) is 0 Å². The summed E-state index contributed by atoms with van der Waals surface area (Å²) >= 11 is 0. The van der Waals surface area contributed by atoms with Crippen LogP contribution in [0.3, 0.4) is 0 Å². The maximum atomic E-state index is 15.8. The number of anilines is 1. The summed E-state index contributed by atoms with van der Waals surface area (Å²) in [6.07, 6.45) is 0. The van der Waals surface area contributed by atoms with Crippen molar-refractivity contribution >= 4 is 34.9 Å². The molecule has 0 spiro atoms. The maximum Gasteiger partial charge on any atom is 0.234 e. The summed E-state index contributed by atoms with van der Waals surface area (Å²) in [5.74, 6) is 0. The Bertz CT molecular complexity index is 1670. The standard InChI is InChI=1S/C34H28NOP/c1-25-13-11-15-27(23-25)33-31-21-9-10-22-32(31)37(36,30-19-7-4-8-20-30)35(29-17-5-3-6-18-29)34(33)28-16-12-14-26(2)24-28/h3-24H,1-2H3. The van der Waals surface area contributed by atoms with Crippen molar-refractivity contribution in [3.8, 4) is 0 Å². The predicted molar refractivity (Wildman–Crippen MR) is 157 cm³/mol. The van der Waals surface area contributed by atoms with Gasteiger partial charge >= 0.3 is 0 Å². The van der Waals surface area contributed by atoms with Crippen molar-refractivity contribution < 1.29 is 4.57 Å². The fraction of sp³-hybridized carbons (Fsp3) is 0.0588. The molecule has 1 aliphatic rings. The molecule has 6 rings (SSSR count). The second-order valence-electron chi connectivity index (χ2n) is 9.54. The summed E-state index contributed by atoms with van der Waals surface area (Å²) in [5, 5.41) is 1.68. The third kappa shape index (κ3) is 3.95. The number of hydrogen-bond donors (Lipinski definition) is 0. The van der Waals surface area contributed by atoms with Gasteiger partial charge in [0.2, 0.25) is 7.29 Å². The van der Waals surface area contributed by atoms with Crippen molar-refractivity contribution in [1.82, 2.24) is 0 Å². The summed E-state index contributed by atoms with van der Waals surface area (Å²) in [6, 6.07) is 45.5. The van der Waals surface area contributed by atoms with Gasteiger partial charge < -0.3 is 0 Å². The van der Waals surface area contributed by atoms with Gasteiger partial charge in [-0.3, -0.25) is 9.24 Å². The molecule has 2 nitrogen and oxygen atoms in total. The molecule has 5 aromatic carbocycles. The highest BCUT2D eigenvalue weighted by molar-refractivity contribution is 7.80. The average molecular weight is 498 g/mol. The van der Waals surface area contributed by atoms with Crippen molar-refractivity contribution in [3.05, 3.63) is 161 Å². The van der Waals surface area contributed by atoms with E-state index in [1.54, 1.807) is 0 Å². The molecule has 1 atom stereocenters. The average Bonchev–Trinajstić information content (AvgIpc) is 2.94. The van der Waals surface area contributed by atoms with E-state index in [1.165, 1.54) is 5.56 Å². The van der Waals surface area contributed by atoms with E-state index in [4.69, 9.17) is 0 Å². The molecular formula is C34H28NOP. The first-order valence-corrected chi connectivity index (χ1v) is 14.2. The van der Waals surface area contributed by atoms with E-state index in [-0.39, 0.29) is 0 Å². The van der Waals surface area contributed by atoms with Gasteiger partial charge in [-0.15, -0.1) is 0 Å². The number of nitrogens with zero attached hydrogens (tertiary/aromatic N) is 1. The van der Waals surface area contributed by atoms with Gasteiger partial charge in [-0.05, 0) is 66.9 Å². The van der Waals surface area contributed by atoms with Crippen LogP contribution in [0.15, 0.2) is 133 Å². The van der Waals surface area contributed by atoms with Crippen molar-refractivity contribution in [2.45, 2.75) is 13.8 Å². The summed E-state index contributed by atoms with van der Waals surface area (Å²) in [7, 11) is -3.32. The van der Waals surface area contributed by atoms with Crippen LogP contribution in [-0.4, -0.2) is 0 Å². The molecule has 0 aliphatic carbocycles. The molecule has 180 valence electrons. The van der Waals surface area contributed by atoms with E-state index >= 15 is 4.57 Å². The topological polar surface area (TPSA) is 20.3 Å². The van der Waals surface area contributed by atoms with E-state index in [0.29, 0.717) is 0 Å². The van der Waals surface area contributed by atoms with Crippen LogP contribution in [0.4, 0.5) is 5.69 Å². The molecule has 5 aromatic rings. The van der Waals surface area contributed by atoms with E-state index in [0.717, 1.165) is 49.8 Å². The molecule has 1 heterocycles. The lowest BCUT2D eigenvalue weighted by atomic mass is 9.91. The van der Waals surface area contributed by atoms with E-state index in [9.17, 15) is 0 Å². The third-order valence-electron chi connectivity index (χ3n) is 6.94. The highest BCUT2D eigenvalue weighted by Crippen LogP contribution is 2.60. The molecular weight excluding hydrogens is 469 g/mol. The molecule has 0 bridgehead atoms. The zero-order chi connectivity index (χ0) is 25.4. The van der Waals surface area contributed by atoms with Crippen LogP contribution < -0.4 is 15.3 Å². The van der Waals surface area contributed by atoms with Gasteiger partial charge in [0.1, 0.15) is 0 Å². The lowest BCUT2D eigenvalue weighted by Gasteiger charge is -2.42. The van der Waals surface area contributed by atoms with E-state index in [2.05, 4.69) is 91.3 Å². The van der Waals surface area contributed by atoms with Crippen molar-refractivity contribution in [3.63, 3.8) is 0 Å². The van der Waals surface area contributed by atoms with Gasteiger partial charge in [0, 0.05) is 21.9 Å². The van der Waals surface area contributed by atoms with Gasteiger partial charge in [0.25, 0.3) is 0 Å². The number of hydrogen-bond acceptors (Lipinski definition) is 1. The smallest absolute Gasteiger partial charge is 0.234 e. The Morgan fingerprint density at radius 3 is 1.81 bits per heavy atom. The second kappa shape index (κ2) is 9.39. The number of benzene rings is 5. The minimum atomic E-state index is -3.32. The fourth-order valence-electron chi connectivity index (χ4n) is 5.33. The van der Waals surface area contributed by atoms with Gasteiger partial charge in [-0.25, -0.2) is 0 Å². The van der Waals surface area contributed by atoms with Crippen molar-refractivity contribution in [1.29, 1.82) is 0 Å². The second-order valence-corrected chi connectivity index (χ2v) is 12.1. The highest BCUT2D eigenvalue weighted by atomic mass is 31.2. The normalized spacial score (nSPS) is 17.0. The Kier molecular flexibility index (Phi) is 5.91. The van der Waals surface area contributed by atoms with Crippen molar-refractivity contribution in [2.24, 2.45) is 0 Å². The quantitative estimate of drug-likeness (QED) is 0.235. The van der Waals surface area contributed by atoms with E-state index in [1.807, 2.05) is 60.7 Å². The number of fused-ring (bicyclic) bond motifs is 1. The minimum absolute atomic E-state index is 0.819. The molecule has 1 aliphatic heterocycles. The molecule has 3 heteroatoms. The zero-order valence-electron chi connectivity index (χ0n) is 21.0. The Labute approximate surface area is 219 Å². The molecule has 0 saturated heterocycles. The molecule has 0 radical (unpaired) electrons. The number of aryl methyl sites for hydroxylation is 2. The van der Waals surface area contributed by atoms with Crippen LogP contribution >= 0.6 is 7.29 Å². The molecule has 0 N–H and O–H groups in total. The minimum Gasteiger partial charge on any atom is -0.289 e. The van der Waals surface area contributed by atoms with E-state index < -0.39 is 7.29 Å². The van der Waals surface area contributed by atoms with Crippen LogP contribution in [-0.2, 0) is 4.57 Å². The highest BCUT2D eigenvalue weighted by Gasteiger charge is 2.44. The van der Waals surface area contributed by atoms with Gasteiger partial charge in [-0.1, -0.05) is 108 Å². The molecule has 0 aromatic heterocycles. The molecule has 0 fully saturated rings. The Hall–Kier alpha value is -4.13. The van der Waals surface area contributed by atoms with Crippen LogP contribution in [0.2, 0.25) is 0 Å². The summed E-state index contributed by atoms with van der Waals surface area (Å²) in [4.78, 5) is 0. The zero-order valence-corrected chi connectivity index (χ0v) is 21.9. The SMILES string of the molecule is Cc1cccc(C2=C(c3cccc(C)c3)N(c3ccccc3)P(=O)(c3ccccc3)c3ccccc32)c1. The first kappa shape index (κ1) is 23.3. The molecule has 0 saturated carbocycles. The van der Waals surface area contributed by atoms with Crippen LogP contribution in [0, 0.1) is 13.8 Å². The first-order valence-electron chi connectivity index (χ1n) is 12.6. The van der Waals surface area contributed by atoms with Gasteiger partial charge in [0.15, 0.2) is 0 Å². The lowest BCUT2D eigenvalue weighted by Crippen LogP contribution is -2.37. The molecule has 0 amide bonds. The van der Waals surface area contributed by atoms with Crippen LogP contribution in [0.1, 0.15) is 27.8 Å². The Morgan fingerprint density at radius 1 is 0.568 bits per heavy atom. The monoisotopic (exact) mass is 497 g/mol. The summed E-state index contributed by atoms with van der Waals surface area (Å²) < 4.78 is 17.9. The van der Waals surface area contributed by atoms with Crippen LogP contribution in [0.5, 0.6) is 0 Å². The fourth-order valence-corrected chi connectivity index (χ4v) is 8.39. The van der Waals surface area contributed by atoms with Crippen LogP contribution in [0.25, 0.3) is 11.3 Å². The lowest BCUT2D eigenvalue weighted by molar-refractivity contribution is 0.587. The van der Waals surface area contributed by atoms with Gasteiger partial charge in [0.05, 0.1) is 5.70 Å². The summed E-state index contributed by atoms with van der Waals surface area (Å²) in [5.41, 5.74) is 8.50. The summed E-state index contributed by atoms with van der Waals surface area (Å²) in [6.45, 7) is 4.23. The maximum absolute atomic E-state index is 15.8. The molecule has 1 unspecified atom stereocenters. The number of rotatable bonds is 4.